The molecule has 2 unspecified atom stereocenters. The van der Waals surface area contributed by atoms with Gasteiger partial charge in [-0.15, -0.1) is 0 Å². The highest BCUT2D eigenvalue weighted by Crippen LogP contribution is 2.21. The Morgan fingerprint density at radius 2 is 2.10 bits per heavy atom. The van der Waals surface area contributed by atoms with Crippen molar-refractivity contribution in [2.24, 2.45) is 0 Å². The number of aromatic amines is 1. The van der Waals surface area contributed by atoms with Gasteiger partial charge < -0.3 is 14.5 Å². The Bertz CT molecular complexity index is 779. The van der Waals surface area contributed by atoms with Crippen molar-refractivity contribution in [3.05, 3.63) is 46.2 Å². The fraction of sp³-hybridized carbons (Fsp3) is 0.267. The van der Waals surface area contributed by atoms with Crippen molar-refractivity contribution in [2.45, 2.75) is 25.6 Å². The number of aromatic nitrogens is 1. The fourth-order valence-electron chi connectivity index (χ4n) is 2.38. The third-order valence-electron chi connectivity index (χ3n) is 3.35. The highest BCUT2D eigenvalue weighted by Gasteiger charge is 2.35. The van der Waals surface area contributed by atoms with Crippen LogP contribution in [0.25, 0.3) is 10.9 Å². The van der Waals surface area contributed by atoms with Crippen LogP contribution in [0.2, 0.25) is 0 Å². The molecule has 0 spiro atoms. The maximum atomic E-state index is 12.2. The Balaban J connectivity index is 1.95. The second kappa shape index (κ2) is 5.05. The Kier molecular flexibility index (Phi) is 3.21. The van der Waals surface area contributed by atoms with E-state index in [-0.39, 0.29) is 11.7 Å². The molecule has 1 aromatic heterocycles. The Morgan fingerprint density at radius 1 is 1.33 bits per heavy atom. The largest absolute Gasteiger partial charge is 0.460 e. The zero-order valence-electron chi connectivity index (χ0n) is 11.3. The topological polar surface area (TPSA) is 85.5 Å². The molecule has 0 amide bonds. The molecule has 6 heteroatoms. The first kappa shape index (κ1) is 13.4. The second-order valence-corrected chi connectivity index (χ2v) is 4.97. The molecule has 2 atom stereocenters. The lowest BCUT2D eigenvalue weighted by atomic mass is 10.1. The van der Waals surface area contributed by atoms with Crippen LogP contribution in [0.1, 0.15) is 23.7 Å². The summed E-state index contributed by atoms with van der Waals surface area (Å²) < 4.78 is 10.1. The van der Waals surface area contributed by atoms with Crippen molar-refractivity contribution >= 4 is 22.8 Å². The number of para-hydroxylation sites is 1. The summed E-state index contributed by atoms with van der Waals surface area (Å²) in [7, 11) is 0. The number of cyclic esters (lactones) is 1. The lowest BCUT2D eigenvalue weighted by Gasteiger charge is -2.10. The zero-order valence-corrected chi connectivity index (χ0v) is 11.3. The van der Waals surface area contributed by atoms with Crippen LogP contribution in [0.4, 0.5) is 0 Å². The van der Waals surface area contributed by atoms with Crippen molar-refractivity contribution in [3.63, 3.8) is 0 Å². The quantitative estimate of drug-likeness (QED) is 0.844. The summed E-state index contributed by atoms with van der Waals surface area (Å²) in [4.78, 5) is 38.0. The number of pyridine rings is 1. The van der Waals surface area contributed by atoms with Gasteiger partial charge in [0.1, 0.15) is 6.10 Å². The van der Waals surface area contributed by atoms with Gasteiger partial charge in [-0.1, -0.05) is 18.2 Å². The van der Waals surface area contributed by atoms with E-state index in [9.17, 15) is 14.4 Å². The first-order valence-electron chi connectivity index (χ1n) is 6.58. The molecule has 0 bridgehead atoms. The summed E-state index contributed by atoms with van der Waals surface area (Å²) in [6.07, 6.45) is -0.858. The molecule has 2 aromatic rings. The summed E-state index contributed by atoms with van der Waals surface area (Å²) in [5.74, 6) is -1.25. The zero-order chi connectivity index (χ0) is 15.0. The number of fused-ring (bicyclic) bond motifs is 1. The molecule has 108 valence electrons. The lowest BCUT2D eigenvalue weighted by Crippen LogP contribution is -2.23. The smallest absolute Gasteiger partial charge is 0.347 e. The van der Waals surface area contributed by atoms with Gasteiger partial charge in [-0.25, -0.2) is 9.59 Å². The van der Waals surface area contributed by atoms with Gasteiger partial charge in [-0.2, -0.15) is 0 Å². The van der Waals surface area contributed by atoms with Crippen molar-refractivity contribution in [1.82, 2.24) is 4.98 Å². The minimum Gasteiger partial charge on any atom is -0.460 e. The average Bonchev–Trinajstić information content (AvgIpc) is 2.75. The number of carbonyl (C=O) groups is 2. The van der Waals surface area contributed by atoms with Crippen molar-refractivity contribution in [2.75, 3.05) is 0 Å². The number of nitrogens with one attached hydrogen (secondary N) is 1. The Labute approximate surface area is 119 Å². The standard InChI is InChI=1S/C15H13NO5/c1-8-6-12(15(19)20-8)21-14(18)10-7-13(17)16-11-5-3-2-4-9(10)11/h2-5,7-8,12H,6H2,1H3,(H,16,17). The van der Waals surface area contributed by atoms with E-state index in [0.717, 1.165) is 0 Å². The van der Waals surface area contributed by atoms with Gasteiger partial charge in [0, 0.05) is 23.4 Å². The van der Waals surface area contributed by atoms with Crippen LogP contribution in [0, 0.1) is 0 Å². The van der Waals surface area contributed by atoms with E-state index >= 15 is 0 Å². The maximum absolute atomic E-state index is 12.2. The molecule has 0 radical (unpaired) electrons. The summed E-state index contributed by atoms with van der Waals surface area (Å²) in [6.45, 7) is 1.73. The highest BCUT2D eigenvalue weighted by molar-refractivity contribution is 6.03. The van der Waals surface area contributed by atoms with Crippen molar-refractivity contribution in [3.8, 4) is 0 Å². The predicted molar refractivity (Wildman–Crippen MR) is 73.9 cm³/mol. The molecule has 1 fully saturated rings. The maximum Gasteiger partial charge on any atom is 0.347 e. The number of esters is 2. The molecule has 1 aliphatic rings. The molecule has 1 N–H and O–H groups in total. The normalized spacial score (nSPS) is 21.3. The van der Waals surface area contributed by atoms with Crippen molar-refractivity contribution in [1.29, 1.82) is 0 Å². The minimum atomic E-state index is -0.912. The van der Waals surface area contributed by atoms with E-state index in [1.165, 1.54) is 6.07 Å². The van der Waals surface area contributed by atoms with E-state index in [2.05, 4.69) is 4.98 Å². The van der Waals surface area contributed by atoms with Crippen molar-refractivity contribution < 1.29 is 19.1 Å². The number of ether oxygens (including phenoxy) is 2. The minimum absolute atomic E-state index is 0.140. The Hall–Kier alpha value is -2.63. The van der Waals surface area contributed by atoms with Gasteiger partial charge in [0.05, 0.1) is 5.56 Å². The summed E-state index contributed by atoms with van der Waals surface area (Å²) in [5.41, 5.74) is 0.282. The number of hydrogen-bond donors (Lipinski definition) is 1. The molecular weight excluding hydrogens is 274 g/mol. The first-order valence-corrected chi connectivity index (χ1v) is 6.58. The third-order valence-corrected chi connectivity index (χ3v) is 3.35. The molecule has 1 aliphatic heterocycles. The van der Waals surface area contributed by atoms with Crippen LogP contribution in [0.3, 0.4) is 0 Å². The molecule has 1 aromatic carbocycles. The number of H-pyrrole nitrogens is 1. The fourth-order valence-corrected chi connectivity index (χ4v) is 2.38. The van der Waals surface area contributed by atoms with Gasteiger partial charge in [0.25, 0.3) is 0 Å². The van der Waals surface area contributed by atoms with E-state index in [1.54, 1.807) is 31.2 Å². The van der Waals surface area contributed by atoms with Crippen LogP contribution in [0.5, 0.6) is 0 Å². The summed E-state index contributed by atoms with van der Waals surface area (Å²) in [5, 5.41) is 0.571. The first-order chi connectivity index (χ1) is 10.0. The molecule has 3 rings (SSSR count). The number of rotatable bonds is 2. The van der Waals surface area contributed by atoms with E-state index in [0.29, 0.717) is 17.3 Å². The molecule has 2 heterocycles. The number of hydrogen-bond acceptors (Lipinski definition) is 5. The van der Waals surface area contributed by atoms with Crippen LogP contribution >= 0.6 is 0 Å². The molecule has 0 aliphatic carbocycles. The van der Waals surface area contributed by atoms with Gasteiger partial charge in [-0.3, -0.25) is 4.79 Å². The monoisotopic (exact) mass is 287 g/mol. The SMILES string of the molecule is CC1CC(OC(=O)c2cc(=O)[nH]c3ccccc23)C(=O)O1. The number of benzene rings is 1. The molecule has 21 heavy (non-hydrogen) atoms. The van der Waals surface area contributed by atoms with E-state index in [4.69, 9.17) is 9.47 Å². The third kappa shape index (κ3) is 2.52. The number of carbonyl (C=O) groups excluding carboxylic acids is 2. The van der Waals surface area contributed by atoms with Gasteiger partial charge in [0.15, 0.2) is 0 Å². The van der Waals surface area contributed by atoms with E-state index < -0.39 is 23.6 Å². The van der Waals surface area contributed by atoms with Gasteiger partial charge in [0.2, 0.25) is 11.7 Å². The van der Waals surface area contributed by atoms with Crippen LogP contribution < -0.4 is 5.56 Å². The van der Waals surface area contributed by atoms with E-state index in [1.807, 2.05) is 0 Å². The van der Waals surface area contributed by atoms with Crippen LogP contribution in [0.15, 0.2) is 35.1 Å². The summed E-state index contributed by atoms with van der Waals surface area (Å²) in [6, 6.07) is 8.08. The molecule has 1 saturated heterocycles. The second-order valence-electron chi connectivity index (χ2n) is 4.97. The lowest BCUT2D eigenvalue weighted by molar-refractivity contribution is -0.147. The highest BCUT2D eigenvalue weighted by atomic mass is 16.6. The Morgan fingerprint density at radius 3 is 2.81 bits per heavy atom. The molecular formula is C15H13NO5. The summed E-state index contributed by atoms with van der Waals surface area (Å²) >= 11 is 0. The predicted octanol–water partition coefficient (Wildman–Crippen LogP) is 1.39. The van der Waals surface area contributed by atoms with Crippen LogP contribution in [-0.4, -0.2) is 29.1 Å². The van der Waals surface area contributed by atoms with Gasteiger partial charge >= 0.3 is 11.9 Å². The molecule has 6 nitrogen and oxygen atoms in total. The average molecular weight is 287 g/mol. The molecule has 0 saturated carbocycles. The van der Waals surface area contributed by atoms with Crippen LogP contribution in [-0.2, 0) is 14.3 Å². The van der Waals surface area contributed by atoms with Gasteiger partial charge in [-0.05, 0) is 13.0 Å².